The molecule has 1 saturated heterocycles. The van der Waals surface area contributed by atoms with Gasteiger partial charge < -0.3 is 0 Å². The van der Waals surface area contributed by atoms with Gasteiger partial charge in [-0.3, -0.25) is 4.90 Å². The highest BCUT2D eigenvalue weighted by atomic mass is 32.2. The van der Waals surface area contributed by atoms with Gasteiger partial charge in [0.25, 0.3) is 0 Å². The zero-order chi connectivity index (χ0) is 15.5. The van der Waals surface area contributed by atoms with Crippen LogP contribution in [0.25, 0.3) is 0 Å². The molecule has 1 aliphatic rings. The molecule has 0 bridgehead atoms. The number of hydrogen-bond acceptors (Lipinski definition) is 3. The molecular formula is C16H26N2O2S. The van der Waals surface area contributed by atoms with E-state index >= 15 is 0 Å². The quantitative estimate of drug-likeness (QED) is 0.907. The molecule has 5 heteroatoms. The molecule has 2 rings (SSSR count). The van der Waals surface area contributed by atoms with Crippen LogP contribution in [0.1, 0.15) is 43.7 Å². The molecule has 1 fully saturated rings. The summed E-state index contributed by atoms with van der Waals surface area (Å²) in [5.41, 5.74) is 2.79. The van der Waals surface area contributed by atoms with Gasteiger partial charge in [-0.25, -0.2) is 13.6 Å². The Kier molecular flexibility index (Phi) is 5.41. The van der Waals surface area contributed by atoms with Gasteiger partial charge in [0, 0.05) is 6.54 Å². The van der Waals surface area contributed by atoms with Crippen molar-refractivity contribution in [1.82, 2.24) is 4.90 Å². The average Bonchev–Trinajstić information content (AvgIpc) is 2.40. The summed E-state index contributed by atoms with van der Waals surface area (Å²) in [5.74, 6) is 0.876. The number of benzene rings is 1. The average molecular weight is 310 g/mol. The lowest BCUT2D eigenvalue weighted by Crippen LogP contribution is -2.36. The number of hydrogen-bond donors (Lipinski definition) is 1. The minimum atomic E-state index is -3.34. The normalized spacial score (nSPS) is 18.3. The van der Waals surface area contributed by atoms with Crippen LogP contribution in [0.2, 0.25) is 0 Å². The summed E-state index contributed by atoms with van der Waals surface area (Å²) in [4.78, 5) is 2.42. The van der Waals surface area contributed by atoms with E-state index in [4.69, 9.17) is 5.14 Å². The van der Waals surface area contributed by atoms with Crippen molar-refractivity contribution in [2.75, 3.05) is 18.8 Å². The maximum Gasteiger partial charge on any atom is 0.209 e. The lowest BCUT2D eigenvalue weighted by Gasteiger charge is -2.32. The molecule has 0 spiro atoms. The van der Waals surface area contributed by atoms with Gasteiger partial charge in [-0.05, 0) is 48.9 Å². The molecule has 1 aromatic carbocycles. The Bertz CT molecular complexity index is 561. The Morgan fingerprint density at radius 2 is 1.86 bits per heavy atom. The van der Waals surface area contributed by atoms with E-state index in [2.05, 4.69) is 43.0 Å². The number of rotatable bonds is 5. The van der Waals surface area contributed by atoms with Gasteiger partial charge in [0.15, 0.2) is 0 Å². The number of likely N-dealkylation sites (tertiary alicyclic amines) is 1. The van der Waals surface area contributed by atoms with E-state index in [9.17, 15) is 8.42 Å². The van der Waals surface area contributed by atoms with Crippen molar-refractivity contribution >= 4 is 10.0 Å². The van der Waals surface area contributed by atoms with Crippen LogP contribution in [0.4, 0.5) is 0 Å². The minimum Gasteiger partial charge on any atom is -0.299 e. The number of nitrogens with zero attached hydrogens (tertiary/aromatic N) is 1. The molecule has 0 amide bonds. The summed E-state index contributed by atoms with van der Waals surface area (Å²) in [6.45, 7) is 7.30. The van der Waals surface area contributed by atoms with Crippen molar-refractivity contribution < 1.29 is 8.42 Å². The second kappa shape index (κ2) is 6.90. The van der Waals surface area contributed by atoms with Crippen molar-refractivity contribution in [3.63, 3.8) is 0 Å². The van der Waals surface area contributed by atoms with Gasteiger partial charge >= 0.3 is 0 Å². The van der Waals surface area contributed by atoms with Crippen LogP contribution in [0.15, 0.2) is 24.3 Å². The van der Waals surface area contributed by atoms with E-state index in [1.165, 1.54) is 11.1 Å². The Morgan fingerprint density at radius 3 is 2.43 bits per heavy atom. The van der Waals surface area contributed by atoms with E-state index in [1.54, 1.807) is 0 Å². The highest BCUT2D eigenvalue weighted by molar-refractivity contribution is 7.89. The highest BCUT2D eigenvalue weighted by Gasteiger charge is 2.23. The lowest BCUT2D eigenvalue weighted by atomic mass is 9.95. The molecular weight excluding hydrogens is 284 g/mol. The predicted octanol–water partition coefficient (Wildman–Crippen LogP) is 2.31. The molecule has 1 aromatic rings. The van der Waals surface area contributed by atoms with Crippen molar-refractivity contribution in [2.24, 2.45) is 11.1 Å². The molecule has 1 aliphatic heterocycles. The van der Waals surface area contributed by atoms with Crippen molar-refractivity contribution in [3.05, 3.63) is 35.4 Å². The van der Waals surface area contributed by atoms with Crippen LogP contribution in [0.5, 0.6) is 0 Å². The largest absolute Gasteiger partial charge is 0.299 e. The maximum absolute atomic E-state index is 11.2. The molecule has 0 saturated carbocycles. The van der Waals surface area contributed by atoms with Crippen molar-refractivity contribution in [3.8, 4) is 0 Å². The second-order valence-corrected chi connectivity index (χ2v) is 8.06. The third kappa shape index (κ3) is 5.09. The van der Waals surface area contributed by atoms with Crippen molar-refractivity contribution in [2.45, 2.75) is 39.2 Å². The van der Waals surface area contributed by atoms with Gasteiger partial charge in [0.1, 0.15) is 0 Å². The third-order valence-electron chi connectivity index (χ3n) is 4.25. The number of piperidine rings is 1. The lowest BCUT2D eigenvalue weighted by molar-refractivity contribution is 0.185. The first kappa shape index (κ1) is 16.5. The fourth-order valence-electron chi connectivity index (χ4n) is 3.12. The van der Waals surface area contributed by atoms with Crippen LogP contribution < -0.4 is 5.14 Å². The molecule has 0 unspecified atom stereocenters. The Morgan fingerprint density at radius 1 is 1.24 bits per heavy atom. The third-order valence-corrected chi connectivity index (χ3v) is 5.18. The van der Waals surface area contributed by atoms with Crippen LogP contribution in [-0.4, -0.2) is 32.2 Å². The smallest absolute Gasteiger partial charge is 0.209 e. The summed E-state index contributed by atoms with van der Waals surface area (Å²) in [7, 11) is -3.34. The molecule has 2 N–H and O–H groups in total. The van der Waals surface area contributed by atoms with Crippen molar-refractivity contribution in [1.29, 1.82) is 0 Å². The maximum atomic E-state index is 11.2. The van der Waals surface area contributed by atoms with Crippen LogP contribution in [0.3, 0.4) is 0 Å². The SMILES string of the molecule is CC(C)c1ccccc1CN1CCC(CS(N)(=O)=O)CC1. The first-order valence-electron chi connectivity index (χ1n) is 7.66. The van der Waals surface area contributed by atoms with Crippen LogP contribution in [0, 0.1) is 5.92 Å². The van der Waals surface area contributed by atoms with E-state index in [0.29, 0.717) is 5.92 Å². The highest BCUT2D eigenvalue weighted by Crippen LogP contribution is 2.24. The fraction of sp³-hybridized carbons (Fsp3) is 0.625. The number of nitrogens with two attached hydrogens (primary N) is 1. The monoisotopic (exact) mass is 310 g/mol. The van der Waals surface area contributed by atoms with E-state index in [-0.39, 0.29) is 11.7 Å². The zero-order valence-corrected chi connectivity index (χ0v) is 13.8. The second-order valence-electron chi connectivity index (χ2n) is 6.40. The topological polar surface area (TPSA) is 63.4 Å². The standard InChI is InChI=1S/C16H26N2O2S/c1-13(2)16-6-4-3-5-15(16)11-18-9-7-14(8-10-18)12-21(17,19)20/h3-6,13-14H,7-12H2,1-2H3,(H2,17,19,20). The summed E-state index contributed by atoms with van der Waals surface area (Å²) >= 11 is 0. The molecule has 0 aromatic heterocycles. The van der Waals surface area contributed by atoms with Crippen LogP contribution in [-0.2, 0) is 16.6 Å². The van der Waals surface area contributed by atoms with Gasteiger partial charge in [-0.2, -0.15) is 0 Å². The van der Waals surface area contributed by atoms with Gasteiger partial charge in [-0.1, -0.05) is 38.1 Å². The summed E-state index contributed by atoms with van der Waals surface area (Å²) in [6, 6.07) is 8.59. The molecule has 0 atom stereocenters. The van der Waals surface area contributed by atoms with Crippen LogP contribution >= 0.6 is 0 Å². The molecule has 1 heterocycles. The molecule has 118 valence electrons. The number of sulfonamides is 1. The molecule has 4 nitrogen and oxygen atoms in total. The van der Waals surface area contributed by atoms with Gasteiger partial charge in [-0.15, -0.1) is 0 Å². The predicted molar refractivity (Wildman–Crippen MR) is 86.5 cm³/mol. The fourth-order valence-corrected chi connectivity index (χ4v) is 4.11. The molecule has 21 heavy (non-hydrogen) atoms. The van der Waals surface area contributed by atoms with E-state index < -0.39 is 10.0 Å². The summed E-state index contributed by atoms with van der Waals surface area (Å²) in [5, 5.41) is 5.14. The molecule has 0 aliphatic carbocycles. The Balaban J connectivity index is 1.92. The number of primary sulfonamides is 1. The van der Waals surface area contributed by atoms with Gasteiger partial charge in [0.05, 0.1) is 5.75 Å². The Labute approximate surface area is 128 Å². The summed E-state index contributed by atoms with van der Waals surface area (Å²) in [6.07, 6.45) is 1.83. The zero-order valence-electron chi connectivity index (χ0n) is 13.0. The minimum absolute atomic E-state index is 0.128. The first-order chi connectivity index (χ1) is 9.85. The van der Waals surface area contributed by atoms with E-state index in [0.717, 1.165) is 32.5 Å². The molecule has 0 radical (unpaired) electrons. The Hall–Kier alpha value is -0.910. The van der Waals surface area contributed by atoms with E-state index in [1.807, 2.05) is 0 Å². The van der Waals surface area contributed by atoms with Gasteiger partial charge in [0.2, 0.25) is 10.0 Å². The summed E-state index contributed by atoms with van der Waals surface area (Å²) < 4.78 is 22.3. The first-order valence-corrected chi connectivity index (χ1v) is 9.37.